The molecule has 2 aromatic heterocycles. The van der Waals surface area contributed by atoms with Crippen molar-refractivity contribution in [1.82, 2.24) is 9.97 Å². The molecule has 2 aromatic rings. The van der Waals surface area contributed by atoms with Gasteiger partial charge in [0.2, 0.25) is 0 Å². The molecule has 0 radical (unpaired) electrons. The minimum absolute atomic E-state index is 0.555. The Bertz CT molecular complexity index is 406. The van der Waals surface area contributed by atoms with Crippen LogP contribution in [0.3, 0.4) is 0 Å². The molecule has 2 rings (SSSR count). The van der Waals surface area contributed by atoms with Crippen LogP contribution < -0.4 is 0 Å². The number of hydrogen-bond donors (Lipinski definition) is 3. The smallest absolute Gasteiger partial charge is 0.151 e. The first kappa shape index (κ1) is 15.0. The molecule has 5 heteroatoms. The van der Waals surface area contributed by atoms with Crippen LogP contribution >= 0.6 is 25.3 Å². The van der Waals surface area contributed by atoms with E-state index in [0.717, 1.165) is 11.4 Å². The Balaban J connectivity index is 0.000000232. The highest BCUT2D eigenvalue weighted by atomic mass is 32.2. The van der Waals surface area contributed by atoms with Crippen molar-refractivity contribution in [2.45, 2.75) is 17.6 Å². The molecule has 0 aliphatic heterocycles. The first-order chi connectivity index (χ1) is 8.53. The second kappa shape index (κ2) is 7.41. The summed E-state index contributed by atoms with van der Waals surface area (Å²) in [5.41, 5.74) is 1.83. The summed E-state index contributed by atoms with van der Waals surface area (Å²) in [7, 11) is 0. The molecule has 0 aliphatic rings. The average Bonchev–Trinajstić information content (AvgIpc) is 2.41. The maximum Gasteiger partial charge on any atom is 0.151 e. The number of nitrogens with zero attached hydrogens (tertiary/aromatic N) is 2. The van der Waals surface area contributed by atoms with E-state index in [2.05, 4.69) is 35.2 Å². The molecule has 0 bridgehead atoms. The summed E-state index contributed by atoms with van der Waals surface area (Å²) in [6, 6.07) is 11.6. The van der Waals surface area contributed by atoms with E-state index in [9.17, 15) is 0 Å². The van der Waals surface area contributed by atoms with Crippen molar-refractivity contribution < 1.29 is 5.11 Å². The lowest BCUT2D eigenvalue weighted by atomic mass is 10.2. The van der Waals surface area contributed by atoms with Crippen LogP contribution in [0.25, 0.3) is 11.4 Å². The van der Waals surface area contributed by atoms with Gasteiger partial charge < -0.3 is 5.11 Å². The zero-order valence-electron chi connectivity index (χ0n) is 10.1. The van der Waals surface area contributed by atoms with Gasteiger partial charge in [-0.15, -0.1) is 25.3 Å². The Labute approximate surface area is 118 Å². The number of aromatic nitrogens is 2. The molecule has 0 saturated carbocycles. The summed E-state index contributed by atoms with van der Waals surface area (Å²) >= 11 is 7.35. The largest absolute Gasteiger partial charge is 0.371 e. The van der Waals surface area contributed by atoms with Crippen LogP contribution in [-0.2, 0) is 0 Å². The summed E-state index contributed by atoms with van der Waals surface area (Å²) in [6.07, 6.45) is 4.09. The summed E-state index contributed by atoms with van der Waals surface area (Å²) < 4.78 is -1.07. The van der Waals surface area contributed by atoms with E-state index >= 15 is 0 Å². The van der Waals surface area contributed by atoms with Crippen LogP contribution in [-0.4, -0.2) is 19.3 Å². The molecule has 0 atom stereocenters. The number of pyridine rings is 2. The predicted molar refractivity (Wildman–Crippen MR) is 80.7 cm³/mol. The van der Waals surface area contributed by atoms with Gasteiger partial charge in [0.1, 0.15) is 0 Å². The van der Waals surface area contributed by atoms with Crippen LogP contribution in [0.15, 0.2) is 48.8 Å². The minimum atomic E-state index is -1.07. The molecule has 0 aromatic carbocycles. The summed E-state index contributed by atoms with van der Waals surface area (Å²) in [6.45, 7) is 1.81. The highest BCUT2D eigenvalue weighted by molar-refractivity contribution is 8.00. The van der Waals surface area contributed by atoms with Crippen LogP contribution in [0.4, 0.5) is 0 Å². The number of hydrogen-bond acceptors (Lipinski definition) is 5. The maximum atomic E-state index is 8.55. The molecule has 0 fully saturated rings. The fourth-order valence-electron chi connectivity index (χ4n) is 1.03. The topological polar surface area (TPSA) is 46.0 Å². The van der Waals surface area contributed by atoms with Crippen molar-refractivity contribution in [2.24, 2.45) is 0 Å². The molecular formula is C13H16N2OS2. The third-order valence-electron chi connectivity index (χ3n) is 2.07. The molecule has 96 valence electrons. The molecule has 0 unspecified atom stereocenters. The second-order valence-electron chi connectivity index (χ2n) is 3.56. The van der Waals surface area contributed by atoms with Crippen molar-refractivity contribution >= 4 is 25.3 Å². The Morgan fingerprint density at radius 3 is 1.61 bits per heavy atom. The van der Waals surface area contributed by atoms with Crippen molar-refractivity contribution in [3.63, 3.8) is 0 Å². The van der Waals surface area contributed by atoms with Gasteiger partial charge in [-0.05, 0) is 30.7 Å². The van der Waals surface area contributed by atoms with Gasteiger partial charge >= 0.3 is 0 Å². The zero-order valence-corrected chi connectivity index (χ0v) is 11.9. The van der Waals surface area contributed by atoms with Crippen molar-refractivity contribution in [3.8, 4) is 11.4 Å². The van der Waals surface area contributed by atoms with Crippen molar-refractivity contribution in [2.75, 3.05) is 0 Å². The normalized spacial score (nSPS) is 10.4. The SMILES string of the molecule is CCC(O)(S)S.c1ccc(-c2ccccn2)nc1. The summed E-state index contributed by atoms with van der Waals surface area (Å²) in [5.74, 6) is 0. The molecule has 0 saturated heterocycles. The van der Waals surface area contributed by atoms with E-state index < -0.39 is 4.27 Å². The predicted octanol–water partition coefficient (Wildman–Crippen LogP) is 3.05. The van der Waals surface area contributed by atoms with Crippen molar-refractivity contribution in [3.05, 3.63) is 48.8 Å². The average molecular weight is 280 g/mol. The molecule has 0 amide bonds. The molecule has 3 nitrogen and oxygen atoms in total. The molecule has 0 spiro atoms. The van der Waals surface area contributed by atoms with Crippen LogP contribution in [0.1, 0.15) is 13.3 Å². The minimum Gasteiger partial charge on any atom is -0.371 e. The number of thiol groups is 2. The Morgan fingerprint density at radius 2 is 1.39 bits per heavy atom. The lowest BCUT2D eigenvalue weighted by molar-refractivity contribution is 0.231. The lowest BCUT2D eigenvalue weighted by Gasteiger charge is -2.09. The van der Waals surface area contributed by atoms with E-state index in [4.69, 9.17) is 5.11 Å². The van der Waals surface area contributed by atoms with E-state index in [1.807, 2.05) is 36.4 Å². The van der Waals surface area contributed by atoms with Crippen LogP contribution in [0, 0.1) is 0 Å². The maximum absolute atomic E-state index is 8.55. The quantitative estimate of drug-likeness (QED) is 0.585. The number of aliphatic hydroxyl groups is 1. The van der Waals surface area contributed by atoms with Gasteiger partial charge in [-0.1, -0.05) is 19.1 Å². The van der Waals surface area contributed by atoms with Gasteiger partial charge in [0.25, 0.3) is 0 Å². The first-order valence-corrected chi connectivity index (χ1v) is 6.42. The molecule has 18 heavy (non-hydrogen) atoms. The Hall–Kier alpha value is -1.04. The highest BCUT2D eigenvalue weighted by Crippen LogP contribution is 2.17. The van der Waals surface area contributed by atoms with Gasteiger partial charge in [-0.3, -0.25) is 9.97 Å². The van der Waals surface area contributed by atoms with Gasteiger partial charge in [0.15, 0.2) is 4.27 Å². The standard InChI is InChI=1S/C10H8N2.C3H8OS2/c1-3-7-11-9(5-1)10-6-2-4-8-12-10;1-2-3(4,5)6/h1-8H;4-6H,2H2,1H3. The fraction of sp³-hybridized carbons (Fsp3) is 0.231. The third-order valence-corrected chi connectivity index (χ3v) is 2.70. The molecule has 0 aliphatic carbocycles. The third kappa shape index (κ3) is 6.05. The van der Waals surface area contributed by atoms with Gasteiger partial charge in [-0.25, -0.2) is 0 Å². The lowest BCUT2D eigenvalue weighted by Crippen LogP contribution is -2.07. The monoisotopic (exact) mass is 280 g/mol. The molecular weight excluding hydrogens is 264 g/mol. The Morgan fingerprint density at radius 1 is 1.00 bits per heavy atom. The van der Waals surface area contributed by atoms with Gasteiger partial charge in [-0.2, -0.15) is 0 Å². The highest BCUT2D eigenvalue weighted by Gasteiger charge is 2.08. The van der Waals surface area contributed by atoms with Crippen LogP contribution in [0.5, 0.6) is 0 Å². The fourth-order valence-corrected chi connectivity index (χ4v) is 1.03. The first-order valence-electron chi connectivity index (χ1n) is 5.52. The number of rotatable bonds is 2. The molecule has 2 heterocycles. The molecule has 1 N–H and O–H groups in total. The van der Waals surface area contributed by atoms with Crippen molar-refractivity contribution in [1.29, 1.82) is 0 Å². The summed E-state index contributed by atoms with van der Waals surface area (Å²) in [5, 5.41) is 8.55. The Kier molecular flexibility index (Phi) is 6.18. The van der Waals surface area contributed by atoms with E-state index in [1.165, 1.54) is 0 Å². The summed E-state index contributed by atoms with van der Waals surface area (Å²) in [4.78, 5) is 8.37. The van der Waals surface area contributed by atoms with E-state index in [0.29, 0.717) is 6.42 Å². The van der Waals surface area contributed by atoms with Gasteiger partial charge in [0.05, 0.1) is 11.4 Å². The van der Waals surface area contributed by atoms with E-state index in [-0.39, 0.29) is 0 Å². The van der Waals surface area contributed by atoms with Gasteiger partial charge in [0, 0.05) is 12.4 Å². The van der Waals surface area contributed by atoms with Crippen LogP contribution in [0.2, 0.25) is 0 Å². The zero-order chi connectivity index (χ0) is 13.4. The second-order valence-corrected chi connectivity index (χ2v) is 5.39. The van der Waals surface area contributed by atoms with E-state index in [1.54, 1.807) is 19.3 Å².